The highest BCUT2D eigenvalue weighted by Crippen LogP contribution is 2.24. The molecule has 0 N–H and O–H groups in total. The van der Waals surface area contributed by atoms with Gasteiger partial charge in [0, 0.05) is 0 Å². The molecule has 0 atom stereocenters. The van der Waals surface area contributed by atoms with E-state index in [0.29, 0.717) is 0 Å². The van der Waals surface area contributed by atoms with Crippen LogP contribution in [0.25, 0.3) is 0 Å². The lowest BCUT2D eigenvalue weighted by Crippen LogP contribution is -1.96. The van der Waals surface area contributed by atoms with E-state index in [9.17, 15) is 4.57 Å². The highest BCUT2D eigenvalue weighted by atomic mass is 32.1. The van der Waals surface area contributed by atoms with E-state index in [-0.39, 0.29) is 0 Å². The standard InChI is InChI=1S/C8H7OPS2/c9-10(7-3-1-5-11-7)8-4-2-6-12-8/h1-6,10H. The van der Waals surface area contributed by atoms with E-state index in [1.807, 2.05) is 35.0 Å². The SMILES string of the molecule is O=[PH](c1cccs1)c1cccs1. The summed E-state index contributed by atoms with van der Waals surface area (Å²) in [6.45, 7) is 0. The highest BCUT2D eigenvalue weighted by molar-refractivity contribution is 7.72. The molecule has 0 aliphatic rings. The molecule has 2 aromatic heterocycles. The van der Waals surface area contributed by atoms with Crippen molar-refractivity contribution in [3.8, 4) is 0 Å². The second kappa shape index (κ2) is 3.56. The maximum absolute atomic E-state index is 11.8. The minimum absolute atomic E-state index is 1.00. The Hall–Kier alpha value is -0.370. The number of thiophene rings is 2. The quantitative estimate of drug-likeness (QED) is 0.701. The largest absolute Gasteiger partial charge is 0.315 e. The van der Waals surface area contributed by atoms with E-state index in [0.717, 1.165) is 9.24 Å². The average molecular weight is 214 g/mol. The molecule has 0 amide bonds. The first-order chi connectivity index (χ1) is 5.88. The Labute approximate surface area is 79.5 Å². The Bertz CT molecular complexity index is 327. The zero-order valence-corrected chi connectivity index (χ0v) is 8.82. The van der Waals surface area contributed by atoms with Crippen molar-refractivity contribution in [3.05, 3.63) is 35.0 Å². The van der Waals surface area contributed by atoms with Gasteiger partial charge in [-0.2, -0.15) is 0 Å². The van der Waals surface area contributed by atoms with Crippen molar-refractivity contribution in [2.75, 3.05) is 0 Å². The van der Waals surface area contributed by atoms with Crippen molar-refractivity contribution in [3.63, 3.8) is 0 Å². The molecule has 0 aliphatic carbocycles. The smallest absolute Gasteiger partial charge is 0.150 e. The van der Waals surface area contributed by atoms with Crippen LogP contribution >= 0.6 is 30.5 Å². The van der Waals surface area contributed by atoms with Crippen LogP contribution in [-0.4, -0.2) is 0 Å². The topological polar surface area (TPSA) is 17.1 Å². The molecule has 0 aliphatic heterocycles. The summed E-state index contributed by atoms with van der Waals surface area (Å²) in [7, 11) is -1.67. The van der Waals surface area contributed by atoms with Gasteiger partial charge in [0.05, 0.1) is 9.24 Å². The second-order valence-electron chi connectivity index (χ2n) is 2.28. The van der Waals surface area contributed by atoms with Gasteiger partial charge in [-0.3, -0.25) is 0 Å². The minimum atomic E-state index is -1.67. The van der Waals surface area contributed by atoms with Crippen LogP contribution in [0.15, 0.2) is 35.0 Å². The highest BCUT2D eigenvalue weighted by Gasteiger charge is 2.07. The zero-order chi connectivity index (χ0) is 8.39. The molecule has 2 aromatic rings. The monoisotopic (exact) mass is 214 g/mol. The van der Waals surface area contributed by atoms with Crippen molar-refractivity contribution >= 4 is 39.7 Å². The van der Waals surface area contributed by atoms with Crippen molar-refractivity contribution < 1.29 is 4.57 Å². The van der Waals surface area contributed by atoms with Crippen LogP contribution < -0.4 is 9.24 Å². The fraction of sp³-hybridized carbons (Fsp3) is 0. The third-order valence-electron chi connectivity index (χ3n) is 1.49. The molecule has 0 radical (unpaired) electrons. The van der Waals surface area contributed by atoms with E-state index in [1.54, 1.807) is 22.7 Å². The molecular formula is C8H7OPS2. The summed E-state index contributed by atoms with van der Waals surface area (Å²) in [5.74, 6) is 0. The third-order valence-corrected chi connectivity index (χ3v) is 5.90. The van der Waals surface area contributed by atoms with Gasteiger partial charge >= 0.3 is 0 Å². The summed E-state index contributed by atoms with van der Waals surface area (Å²) >= 11 is 3.14. The summed E-state index contributed by atoms with van der Waals surface area (Å²) < 4.78 is 13.8. The normalized spacial score (nSPS) is 10.8. The first-order valence-corrected chi connectivity index (χ1v) is 6.66. The van der Waals surface area contributed by atoms with Gasteiger partial charge in [0.1, 0.15) is 0 Å². The number of hydrogen-bond acceptors (Lipinski definition) is 3. The lowest BCUT2D eigenvalue weighted by molar-refractivity contribution is 0.598. The van der Waals surface area contributed by atoms with Crippen molar-refractivity contribution in [2.45, 2.75) is 0 Å². The molecule has 0 saturated carbocycles. The number of rotatable bonds is 2. The van der Waals surface area contributed by atoms with Crippen LogP contribution in [0.1, 0.15) is 0 Å². The minimum Gasteiger partial charge on any atom is -0.315 e. The molecule has 2 heterocycles. The predicted molar refractivity (Wildman–Crippen MR) is 56.9 cm³/mol. The molecular weight excluding hydrogens is 207 g/mol. The van der Waals surface area contributed by atoms with Crippen LogP contribution in [-0.2, 0) is 4.57 Å². The van der Waals surface area contributed by atoms with Gasteiger partial charge in [-0.05, 0) is 22.9 Å². The summed E-state index contributed by atoms with van der Waals surface area (Å²) in [4.78, 5) is 0. The van der Waals surface area contributed by atoms with Crippen molar-refractivity contribution in [2.24, 2.45) is 0 Å². The molecule has 0 unspecified atom stereocenters. The lowest BCUT2D eigenvalue weighted by Gasteiger charge is -1.92. The Balaban J connectivity index is 2.34. The first kappa shape index (κ1) is 8.24. The molecule has 2 rings (SSSR count). The molecule has 0 bridgehead atoms. The van der Waals surface area contributed by atoms with Crippen molar-refractivity contribution in [1.82, 2.24) is 0 Å². The summed E-state index contributed by atoms with van der Waals surface area (Å²) in [6, 6.07) is 7.75. The van der Waals surface area contributed by atoms with Crippen LogP contribution in [0.5, 0.6) is 0 Å². The fourth-order valence-electron chi connectivity index (χ4n) is 0.937. The summed E-state index contributed by atoms with van der Waals surface area (Å²) in [5, 5.41) is 3.93. The van der Waals surface area contributed by atoms with Crippen LogP contribution in [0, 0.1) is 0 Å². The van der Waals surface area contributed by atoms with Gasteiger partial charge in [0.25, 0.3) is 0 Å². The molecule has 1 nitrogen and oxygen atoms in total. The number of hydrogen-bond donors (Lipinski definition) is 0. The predicted octanol–water partition coefficient (Wildman–Crippen LogP) is 2.32. The Morgan fingerprint density at radius 1 is 1.00 bits per heavy atom. The van der Waals surface area contributed by atoms with Gasteiger partial charge in [0.15, 0.2) is 7.80 Å². The lowest BCUT2D eigenvalue weighted by atomic mass is 10.7. The van der Waals surface area contributed by atoms with E-state index >= 15 is 0 Å². The molecule has 12 heavy (non-hydrogen) atoms. The zero-order valence-electron chi connectivity index (χ0n) is 6.19. The van der Waals surface area contributed by atoms with E-state index < -0.39 is 7.80 Å². The van der Waals surface area contributed by atoms with Gasteiger partial charge in [-0.1, -0.05) is 12.1 Å². The summed E-state index contributed by atoms with van der Waals surface area (Å²) in [5.41, 5.74) is 0. The van der Waals surface area contributed by atoms with Gasteiger partial charge in [-0.15, -0.1) is 22.7 Å². The van der Waals surface area contributed by atoms with Gasteiger partial charge in [-0.25, -0.2) is 0 Å². The molecule has 0 aromatic carbocycles. The second-order valence-corrected chi connectivity index (χ2v) is 6.64. The Kier molecular flexibility index (Phi) is 2.45. The molecule has 4 heteroatoms. The van der Waals surface area contributed by atoms with E-state index in [2.05, 4.69) is 0 Å². The molecule has 0 spiro atoms. The van der Waals surface area contributed by atoms with Crippen LogP contribution in [0.3, 0.4) is 0 Å². The van der Waals surface area contributed by atoms with Crippen LogP contribution in [0.2, 0.25) is 0 Å². The average Bonchev–Trinajstić information content (AvgIpc) is 2.77. The third kappa shape index (κ3) is 1.53. The summed E-state index contributed by atoms with van der Waals surface area (Å²) in [6.07, 6.45) is 0. The Morgan fingerprint density at radius 3 is 1.83 bits per heavy atom. The van der Waals surface area contributed by atoms with Crippen LogP contribution in [0.4, 0.5) is 0 Å². The maximum Gasteiger partial charge on any atom is 0.150 e. The molecule has 0 saturated heterocycles. The maximum atomic E-state index is 11.8. The van der Waals surface area contributed by atoms with E-state index in [4.69, 9.17) is 0 Å². The molecule has 0 fully saturated rings. The molecule has 62 valence electrons. The first-order valence-electron chi connectivity index (χ1n) is 3.49. The van der Waals surface area contributed by atoms with Gasteiger partial charge < -0.3 is 4.57 Å². The Morgan fingerprint density at radius 2 is 1.50 bits per heavy atom. The fourth-order valence-corrected chi connectivity index (χ4v) is 4.71. The van der Waals surface area contributed by atoms with E-state index in [1.165, 1.54) is 0 Å². The van der Waals surface area contributed by atoms with Gasteiger partial charge in [0.2, 0.25) is 0 Å². The van der Waals surface area contributed by atoms with Crippen molar-refractivity contribution in [1.29, 1.82) is 0 Å².